The van der Waals surface area contributed by atoms with Crippen LogP contribution in [-0.4, -0.2) is 6.54 Å². The molecule has 17 heavy (non-hydrogen) atoms. The number of hydrogen-bond acceptors (Lipinski definition) is 1. The molecule has 0 atom stereocenters. The smallest absolute Gasteiger partial charge is 0.00756 e. The standard InChI is InChI=1S/C16H25N/c1-3-14-7-8-15(11-13(14)2)16(12-17)9-5-4-6-10-16/h7-8,11H,3-6,9-10,12,17H2,1-2H3. The molecular weight excluding hydrogens is 206 g/mol. The SMILES string of the molecule is CCc1ccc(C2(CN)CCCCC2)cc1C. The van der Waals surface area contributed by atoms with Crippen molar-refractivity contribution in [2.75, 3.05) is 6.54 Å². The van der Waals surface area contributed by atoms with Gasteiger partial charge in [-0.05, 0) is 42.9 Å². The lowest BCUT2D eigenvalue weighted by molar-refractivity contribution is 0.300. The van der Waals surface area contributed by atoms with Gasteiger partial charge < -0.3 is 5.73 Å². The zero-order valence-corrected chi connectivity index (χ0v) is 11.3. The van der Waals surface area contributed by atoms with Crippen LogP contribution in [0, 0.1) is 6.92 Å². The molecular formula is C16H25N. The lowest BCUT2D eigenvalue weighted by atomic mass is 9.69. The van der Waals surface area contributed by atoms with Crippen LogP contribution >= 0.6 is 0 Å². The van der Waals surface area contributed by atoms with Crippen LogP contribution in [0.4, 0.5) is 0 Å². The molecule has 0 aromatic heterocycles. The second kappa shape index (κ2) is 5.22. The van der Waals surface area contributed by atoms with Gasteiger partial charge in [0.2, 0.25) is 0 Å². The Kier molecular flexibility index (Phi) is 3.88. The number of benzene rings is 1. The minimum Gasteiger partial charge on any atom is -0.330 e. The fraction of sp³-hybridized carbons (Fsp3) is 0.625. The predicted octanol–water partition coefficient (Wildman–Crippen LogP) is 3.72. The molecule has 0 aliphatic heterocycles. The molecule has 1 fully saturated rings. The van der Waals surface area contributed by atoms with Crippen LogP contribution in [0.25, 0.3) is 0 Å². The van der Waals surface area contributed by atoms with Crippen LogP contribution in [0.3, 0.4) is 0 Å². The second-order valence-electron chi connectivity index (χ2n) is 5.54. The summed E-state index contributed by atoms with van der Waals surface area (Å²) in [5.74, 6) is 0. The first-order chi connectivity index (χ1) is 8.22. The first kappa shape index (κ1) is 12.6. The average molecular weight is 231 g/mol. The molecule has 0 saturated heterocycles. The summed E-state index contributed by atoms with van der Waals surface area (Å²) in [6, 6.07) is 7.01. The topological polar surface area (TPSA) is 26.0 Å². The number of rotatable bonds is 3. The molecule has 1 heteroatoms. The van der Waals surface area contributed by atoms with Crippen molar-refractivity contribution in [2.45, 2.75) is 57.8 Å². The Hall–Kier alpha value is -0.820. The molecule has 0 radical (unpaired) electrons. The largest absolute Gasteiger partial charge is 0.330 e. The van der Waals surface area contributed by atoms with Gasteiger partial charge in [-0.2, -0.15) is 0 Å². The highest BCUT2D eigenvalue weighted by atomic mass is 14.6. The van der Waals surface area contributed by atoms with Crippen molar-refractivity contribution < 1.29 is 0 Å². The van der Waals surface area contributed by atoms with E-state index in [1.807, 2.05) is 0 Å². The Balaban J connectivity index is 2.33. The average Bonchev–Trinajstić information content (AvgIpc) is 2.39. The van der Waals surface area contributed by atoms with E-state index in [0.717, 1.165) is 13.0 Å². The van der Waals surface area contributed by atoms with E-state index in [0.29, 0.717) is 0 Å². The summed E-state index contributed by atoms with van der Waals surface area (Å²) in [4.78, 5) is 0. The van der Waals surface area contributed by atoms with Gasteiger partial charge in [0.15, 0.2) is 0 Å². The van der Waals surface area contributed by atoms with E-state index >= 15 is 0 Å². The zero-order chi connectivity index (χ0) is 12.3. The summed E-state index contributed by atoms with van der Waals surface area (Å²) < 4.78 is 0. The van der Waals surface area contributed by atoms with Crippen molar-refractivity contribution in [2.24, 2.45) is 5.73 Å². The van der Waals surface area contributed by atoms with Crippen LogP contribution in [-0.2, 0) is 11.8 Å². The van der Waals surface area contributed by atoms with Gasteiger partial charge in [-0.25, -0.2) is 0 Å². The lowest BCUT2D eigenvalue weighted by Gasteiger charge is -2.37. The van der Waals surface area contributed by atoms with Gasteiger partial charge in [-0.3, -0.25) is 0 Å². The minimum absolute atomic E-state index is 0.273. The van der Waals surface area contributed by atoms with Crippen molar-refractivity contribution >= 4 is 0 Å². The fourth-order valence-electron chi connectivity index (χ4n) is 3.26. The Morgan fingerprint density at radius 3 is 2.41 bits per heavy atom. The summed E-state index contributed by atoms with van der Waals surface area (Å²) in [6.45, 7) is 5.26. The van der Waals surface area contributed by atoms with E-state index in [1.165, 1.54) is 48.8 Å². The van der Waals surface area contributed by atoms with E-state index in [9.17, 15) is 0 Å². The first-order valence-electron chi connectivity index (χ1n) is 7.02. The van der Waals surface area contributed by atoms with Crippen molar-refractivity contribution in [3.63, 3.8) is 0 Å². The Bertz CT molecular complexity index is 375. The molecule has 1 aromatic rings. The second-order valence-corrected chi connectivity index (χ2v) is 5.54. The molecule has 0 amide bonds. The molecule has 94 valence electrons. The minimum atomic E-state index is 0.273. The number of nitrogens with two attached hydrogens (primary N) is 1. The monoisotopic (exact) mass is 231 g/mol. The third-order valence-electron chi connectivity index (χ3n) is 4.54. The molecule has 0 bridgehead atoms. The molecule has 1 saturated carbocycles. The molecule has 2 rings (SSSR count). The highest BCUT2D eigenvalue weighted by molar-refractivity contribution is 5.36. The molecule has 2 N–H and O–H groups in total. The van der Waals surface area contributed by atoms with E-state index in [1.54, 1.807) is 0 Å². The van der Waals surface area contributed by atoms with Crippen molar-refractivity contribution in [3.8, 4) is 0 Å². The Morgan fingerprint density at radius 1 is 1.18 bits per heavy atom. The molecule has 1 aromatic carbocycles. The Morgan fingerprint density at radius 2 is 1.88 bits per heavy atom. The van der Waals surface area contributed by atoms with Gasteiger partial charge in [0.05, 0.1) is 0 Å². The maximum Gasteiger partial charge on any atom is 0.00756 e. The highest BCUT2D eigenvalue weighted by Crippen LogP contribution is 2.39. The number of aryl methyl sites for hydroxylation is 2. The summed E-state index contributed by atoms with van der Waals surface area (Å²) >= 11 is 0. The fourth-order valence-corrected chi connectivity index (χ4v) is 3.26. The van der Waals surface area contributed by atoms with Crippen LogP contribution in [0.2, 0.25) is 0 Å². The van der Waals surface area contributed by atoms with Gasteiger partial charge in [0.1, 0.15) is 0 Å². The predicted molar refractivity (Wildman–Crippen MR) is 74.4 cm³/mol. The summed E-state index contributed by atoms with van der Waals surface area (Å²) in [5, 5.41) is 0. The van der Waals surface area contributed by atoms with E-state index in [4.69, 9.17) is 5.73 Å². The van der Waals surface area contributed by atoms with Gasteiger partial charge in [-0.1, -0.05) is 44.4 Å². The Labute approximate surface area is 105 Å². The quantitative estimate of drug-likeness (QED) is 0.843. The molecule has 0 heterocycles. The maximum absolute atomic E-state index is 6.09. The molecule has 1 aliphatic carbocycles. The maximum atomic E-state index is 6.09. The first-order valence-corrected chi connectivity index (χ1v) is 7.02. The third-order valence-corrected chi connectivity index (χ3v) is 4.54. The van der Waals surface area contributed by atoms with Crippen molar-refractivity contribution in [1.82, 2.24) is 0 Å². The van der Waals surface area contributed by atoms with Crippen molar-refractivity contribution in [3.05, 3.63) is 34.9 Å². The van der Waals surface area contributed by atoms with Crippen LogP contribution in [0.5, 0.6) is 0 Å². The van der Waals surface area contributed by atoms with Gasteiger partial charge in [-0.15, -0.1) is 0 Å². The van der Waals surface area contributed by atoms with Crippen LogP contribution < -0.4 is 5.73 Å². The van der Waals surface area contributed by atoms with E-state index < -0.39 is 0 Å². The normalized spacial score (nSPS) is 19.2. The molecule has 1 nitrogen and oxygen atoms in total. The van der Waals surface area contributed by atoms with Crippen molar-refractivity contribution in [1.29, 1.82) is 0 Å². The van der Waals surface area contributed by atoms with Gasteiger partial charge in [0.25, 0.3) is 0 Å². The summed E-state index contributed by atoms with van der Waals surface area (Å²) in [5.41, 5.74) is 10.7. The highest BCUT2D eigenvalue weighted by Gasteiger charge is 2.32. The van der Waals surface area contributed by atoms with Crippen LogP contribution in [0.15, 0.2) is 18.2 Å². The lowest BCUT2D eigenvalue weighted by Crippen LogP contribution is -2.37. The third kappa shape index (κ3) is 2.40. The van der Waals surface area contributed by atoms with E-state index in [2.05, 4.69) is 32.0 Å². The molecule has 0 spiro atoms. The van der Waals surface area contributed by atoms with Gasteiger partial charge >= 0.3 is 0 Å². The number of hydrogen-bond donors (Lipinski definition) is 1. The molecule has 1 aliphatic rings. The van der Waals surface area contributed by atoms with E-state index in [-0.39, 0.29) is 5.41 Å². The molecule has 0 unspecified atom stereocenters. The van der Waals surface area contributed by atoms with Gasteiger partial charge in [0, 0.05) is 12.0 Å². The summed E-state index contributed by atoms with van der Waals surface area (Å²) in [6.07, 6.45) is 7.73. The zero-order valence-electron chi connectivity index (χ0n) is 11.3. The van der Waals surface area contributed by atoms with Crippen LogP contribution in [0.1, 0.15) is 55.7 Å². The summed E-state index contributed by atoms with van der Waals surface area (Å²) in [7, 11) is 0.